The van der Waals surface area contributed by atoms with Crippen LogP contribution in [0.25, 0.3) is 6.08 Å². The van der Waals surface area contributed by atoms with Gasteiger partial charge in [0.15, 0.2) is 29.6 Å². The van der Waals surface area contributed by atoms with Crippen molar-refractivity contribution in [3.8, 4) is 34.5 Å². The molecule has 2 aromatic rings. The summed E-state index contributed by atoms with van der Waals surface area (Å²) in [5.41, 5.74) is -0.129. The molecular weight excluding hydrogens is 732 g/mol. The summed E-state index contributed by atoms with van der Waals surface area (Å²) in [5.74, 6) is -3.67. The third-order valence-corrected chi connectivity index (χ3v) is 9.52. The molecule has 4 aliphatic rings. The molecule has 0 saturated carbocycles. The highest BCUT2D eigenvalue weighted by Gasteiger charge is 2.49. The standard InChI is InChI=1S/C33H42O21/c1-9-20(38)24(42)27(45)31(49-9)48-8-19-23(41)26(44)29(47)33(54-19)52-17-6-12-15(50-30(17)10-2-13(36)21(39)14(37)3-10)4-11(35)5-16(12)51-32-28(46)25(43)22(40)18(7-34)53-32/h2-6,9,18-20,22-47H,7-8H2,1H3/t9-,18-,19+,20+,22-,23+,24+,25+,26-,27-,28-,29+,30?,31-,32-,33-/m1/s1. The van der Waals surface area contributed by atoms with Gasteiger partial charge in [0.1, 0.15) is 90.2 Å². The van der Waals surface area contributed by atoms with Crippen molar-refractivity contribution in [2.75, 3.05) is 13.2 Å². The number of phenols is 4. The first kappa shape index (κ1) is 39.9. The Labute approximate surface area is 304 Å². The number of hydrogen-bond acceptors (Lipinski definition) is 21. The lowest BCUT2D eigenvalue weighted by Gasteiger charge is -2.43. The van der Waals surface area contributed by atoms with Crippen LogP contribution in [0.15, 0.2) is 30.0 Å². The van der Waals surface area contributed by atoms with Gasteiger partial charge in [0.25, 0.3) is 0 Å². The van der Waals surface area contributed by atoms with Gasteiger partial charge in [-0.15, -0.1) is 0 Å². The van der Waals surface area contributed by atoms with E-state index in [9.17, 15) is 71.5 Å². The molecule has 4 aliphatic heterocycles. The maximum atomic E-state index is 10.9. The highest BCUT2D eigenvalue weighted by atomic mass is 16.7. The van der Waals surface area contributed by atoms with Crippen LogP contribution < -0.4 is 9.47 Å². The average Bonchev–Trinajstić information content (AvgIpc) is 3.14. The first-order valence-corrected chi connectivity index (χ1v) is 16.7. The topological polar surface area (TPSA) is 348 Å². The fraction of sp³-hybridized carbons (Fsp3) is 0.576. The van der Waals surface area contributed by atoms with E-state index in [1.807, 2.05) is 0 Å². The molecule has 0 amide bonds. The molecule has 0 bridgehead atoms. The van der Waals surface area contributed by atoms with Gasteiger partial charge in [-0.25, -0.2) is 0 Å². The maximum Gasteiger partial charge on any atom is 0.229 e. The van der Waals surface area contributed by atoms with E-state index in [0.29, 0.717) is 0 Å². The van der Waals surface area contributed by atoms with Crippen LogP contribution in [-0.2, 0) is 23.7 Å². The van der Waals surface area contributed by atoms with Crippen LogP contribution in [0.1, 0.15) is 24.2 Å². The molecule has 54 heavy (non-hydrogen) atoms. The van der Waals surface area contributed by atoms with E-state index in [1.165, 1.54) is 13.0 Å². The van der Waals surface area contributed by atoms with E-state index in [4.69, 9.17) is 33.2 Å². The Balaban J connectivity index is 1.32. The number of aliphatic hydroxyl groups is 10. The molecule has 6 rings (SSSR count). The lowest BCUT2D eigenvalue weighted by molar-refractivity contribution is -0.324. The number of hydrogen-bond donors (Lipinski definition) is 14. The smallest absolute Gasteiger partial charge is 0.229 e. The van der Waals surface area contributed by atoms with Gasteiger partial charge < -0.3 is 105 Å². The minimum Gasteiger partial charge on any atom is -0.508 e. The van der Waals surface area contributed by atoms with Crippen LogP contribution in [0.5, 0.6) is 34.5 Å². The average molecular weight is 775 g/mol. The molecule has 0 radical (unpaired) electrons. The fourth-order valence-corrected chi connectivity index (χ4v) is 6.35. The second kappa shape index (κ2) is 15.8. The van der Waals surface area contributed by atoms with E-state index < -0.39 is 134 Å². The molecule has 4 heterocycles. The van der Waals surface area contributed by atoms with Crippen LogP contribution in [0.4, 0.5) is 0 Å². The van der Waals surface area contributed by atoms with Crippen molar-refractivity contribution in [1.29, 1.82) is 0 Å². The quantitative estimate of drug-likeness (QED) is 0.107. The van der Waals surface area contributed by atoms with Gasteiger partial charge >= 0.3 is 0 Å². The first-order chi connectivity index (χ1) is 25.5. The summed E-state index contributed by atoms with van der Waals surface area (Å²) in [7, 11) is 0. The molecule has 2 aromatic carbocycles. The number of phenolic OH excluding ortho intramolecular Hbond substituents is 4. The van der Waals surface area contributed by atoms with Gasteiger partial charge in [0.05, 0.1) is 24.9 Å². The van der Waals surface area contributed by atoms with E-state index >= 15 is 0 Å². The van der Waals surface area contributed by atoms with E-state index in [1.54, 1.807) is 0 Å². The highest BCUT2D eigenvalue weighted by molar-refractivity contribution is 5.70. The van der Waals surface area contributed by atoms with Gasteiger partial charge in [-0.2, -0.15) is 0 Å². The first-order valence-electron chi connectivity index (χ1n) is 16.7. The van der Waals surface area contributed by atoms with Crippen LogP contribution in [0, 0.1) is 0 Å². The molecule has 1 unspecified atom stereocenters. The summed E-state index contributed by atoms with van der Waals surface area (Å²) < 4.78 is 40.0. The summed E-state index contributed by atoms with van der Waals surface area (Å²) >= 11 is 0. The number of ether oxygens (including phenoxy) is 7. The predicted octanol–water partition coefficient (Wildman–Crippen LogP) is -4.17. The van der Waals surface area contributed by atoms with Crippen molar-refractivity contribution in [2.24, 2.45) is 0 Å². The molecule has 16 atom stereocenters. The number of benzene rings is 2. The normalized spacial score (nSPS) is 39.6. The summed E-state index contributed by atoms with van der Waals surface area (Å²) in [6.07, 6.45) is -25.1. The summed E-state index contributed by atoms with van der Waals surface area (Å²) in [5, 5.41) is 145. The Kier molecular flexibility index (Phi) is 11.6. The van der Waals surface area contributed by atoms with Crippen LogP contribution in [0.2, 0.25) is 0 Å². The van der Waals surface area contributed by atoms with E-state index in [-0.39, 0.29) is 28.4 Å². The van der Waals surface area contributed by atoms with Crippen molar-refractivity contribution in [1.82, 2.24) is 0 Å². The zero-order chi connectivity index (χ0) is 39.3. The van der Waals surface area contributed by atoms with Crippen LogP contribution in [0.3, 0.4) is 0 Å². The third kappa shape index (κ3) is 7.56. The second-order valence-electron chi connectivity index (χ2n) is 13.3. The summed E-state index contributed by atoms with van der Waals surface area (Å²) in [6, 6.07) is 4.15. The van der Waals surface area contributed by atoms with E-state index in [2.05, 4.69) is 0 Å². The van der Waals surface area contributed by atoms with E-state index in [0.717, 1.165) is 24.3 Å². The minimum absolute atomic E-state index is 0.0488. The van der Waals surface area contributed by atoms with Crippen molar-refractivity contribution in [3.63, 3.8) is 0 Å². The Morgan fingerprint density at radius 1 is 0.611 bits per heavy atom. The molecule has 0 aromatic heterocycles. The predicted molar refractivity (Wildman–Crippen MR) is 171 cm³/mol. The summed E-state index contributed by atoms with van der Waals surface area (Å²) in [4.78, 5) is 0. The lowest BCUT2D eigenvalue weighted by atomic mass is 9.98. The van der Waals surface area contributed by atoms with Crippen LogP contribution in [-0.4, -0.2) is 177 Å². The van der Waals surface area contributed by atoms with Crippen LogP contribution >= 0.6 is 0 Å². The molecule has 0 spiro atoms. The highest BCUT2D eigenvalue weighted by Crippen LogP contribution is 2.48. The van der Waals surface area contributed by atoms with Gasteiger partial charge in [-0.3, -0.25) is 0 Å². The maximum absolute atomic E-state index is 10.9. The molecule has 3 fully saturated rings. The van der Waals surface area contributed by atoms with Gasteiger partial charge in [0.2, 0.25) is 12.6 Å². The van der Waals surface area contributed by atoms with Crippen molar-refractivity contribution >= 4 is 6.08 Å². The van der Waals surface area contributed by atoms with Crippen molar-refractivity contribution in [2.45, 2.75) is 105 Å². The SMILES string of the molecule is C[C@H]1O[C@@H](OC[C@@H]2O[C@@H](OC3=Cc4c(cc(O)cc4O[C@@H]4O[C@H](CO)[C@@H](O)[C@H](O)[C@H]4O)OC3c3cc(O)c(O)c(O)c3)[C@@H](O)[C@H](O)[C@H]2O)[C@H](O)[C@@H](O)[C@H]1O. The molecule has 21 nitrogen and oxygen atoms in total. The third-order valence-electron chi connectivity index (χ3n) is 9.52. The summed E-state index contributed by atoms with van der Waals surface area (Å²) in [6.45, 7) is 0.0164. The van der Waals surface area contributed by atoms with Gasteiger partial charge in [-0.05, 0) is 25.1 Å². The van der Waals surface area contributed by atoms with Gasteiger partial charge in [-0.1, -0.05) is 0 Å². The zero-order valence-corrected chi connectivity index (χ0v) is 28.2. The van der Waals surface area contributed by atoms with Crippen molar-refractivity contribution < 1.29 is 105 Å². The van der Waals surface area contributed by atoms with Gasteiger partial charge in [0, 0.05) is 17.7 Å². The number of aliphatic hydroxyl groups excluding tert-OH is 10. The second-order valence-corrected chi connectivity index (χ2v) is 13.3. The lowest BCUT2D eigenvalue weighted by Crippen LogP contribution is -2.61. The Morgan fingerprint density at radius 2 is 1.17 bits per heavy atom. The Bertz CT molecular complexity index is 1650. The number of fused-ring (bicyclic) bond motifs is 1. The molecular formula is C33H42O21. The molecule has 21 heteroatoms. The van der Waals surface area contributed by atoms with Crippen molar-refractivity contribution in [3.05, 3.63) is 41.2 Å². The monoisotopic (exact) mass is 774 g/mol. The largest absolute Gasteiger partial charge is 0.508 e. The molecule has 300 valence electrons. The number of rotatable bonds is 9. The number of aromatic hydroxyl groups is 4. The zero-order valence-electron chi connectivity index (χ0n) is 28.2. The fourth-order valence-electron chi connectivity index (χ4n) is 6.35. The molecule has 0 aliphatic carbocycles. The Morgan fingerprint density at radius 3 is 1.80 bits per heavy atom. The Hall–Kier alpha value is -3.78. The molecule has 14 N–H and O–H groups in total. The minimum atomic E-state index is -1.97. The molecule has 3 saturated heterocycles.